The summed E-state index contributed by atoms with van der Waals surface area (Å²) in [5, 5.41) is 13.6. The summed E-state index contributed by atoms with van der Waals surface area (Å²) in [6.07, 6.45) is 2.14. The van der Waals surface area contributed by atoms with E-state index < -0.39 is 26.6 Å². The number of carboxylic acid groups (broad SMARTS) is 1. The van der Waals surface area contributed by atoms with Crippen LogP contribution in [0, 0.1) is 0 Å². The van der Waals surface area contributed by atoms with Crippen molar-refractivity contribution >= 4 is 33.4 Å². The lowest BCUT2D eigenvalue weighted by Gasteiger charge is -2.05. The summed E-state index contributed by atoms with van der Waals surface area (Å²) in [5.41, 5.74) is -0.479. The average Bonchev–Trinajstić information content (AvgIpc) is 2.77. The molecule has 2 aromatic heterocycles. The monoisotopic (exact) mass is 303 g/mol. The highest BCUT2D eigenvalue weighted by Crippen LogP contribution is 2.16. The summed E-state index contributed by atoms with van der Waals surface area (Å²) in [6, 6.07) is 1.26. The molecular formula is C8H6ClN5O4S. The number of hydrogen-bond donors (Lipinski definition) is 3. The Morgan fingerprint density at radius 2 is 2.21 bits per heavy atom. The van der Waals surface area contributed by atoms with Gasteiger partial charge in [0.1, 0.15) is 11.4 Å². The summed E-state index contributed by atoms with van der Waals surface area (Å²) in [5.74, 6) is -1.51. The highest BCUT2D eigenvalue weighted by atomic mass is 35.5. The summed E-state index contributed by atoms with van der Waals surface area (Å²) >= 11 is 5.51. The van der Waals surface area contributed by atoms with Crippen LogP contribution in [0.25, 0.3) is 0 Å². The Balaban J connectivity index is 2.38. The number of nitrogens with one attached hydrogen (secondary N) is 2. The van der Waals surface area contributed by atoms with Crippen molar-refractivity contribution in [2.75, 3.05) is 4.72 Å². The zero-order valence-corrected chi connectivity index (χ0v) is 10.6. The molecule has 0 aliphatic rings. The van der Waals surface area contributed by atoms with Gasteiger partial charge in [-0.15, -0.1) is 0 Å². The van der Waals surface area contributed by atoms with Crippen LogP contribution in [0.15, 0.2) is 23.5 Å². The van der Waals surface area contributed by atoms with Crippen LogP contribution in [0.4, 0.5) is 5.82 Å². The van der Waals surface area contributed by atoms with Crippen molar-refractivity contribution in [3.8, 4) is 0 Å². The Bertz CT molecular complexity index is 728. The topological polar surface area (TPSA) is 138 Å². The molecule has 0 aliphatic carbocycles. The predicted molar refractivity (Wildman–Crippen MR) is 63.4 cm³/mol. The summed E-state index contributed by atoms with van der Waals surface area (Å²) < 4.78 is 26.0. The number of carboxylic acids is 1. The van der Waals surface area contributed by atoms with Crippen LogP contribution in [-0.2, 0) is 10.0 Å². The van der Waals surface area contributed by atoms with Crippen LogP contribution < -0.4 is 4.72 Å². The quantitative estimate of drug-likeness (QED) is 0.693. The third-order valence-electron chi connectivity index (χ3n) is 1.97. The number of H-pyrrole nitrogens is 1. The standard InChI is InChI=1S/C8H6ClN5O4S/c9-8-10-2-1-5(12-8)14-19(17,18)6-4(7(15)16)3-11-13-6/h1-3H,(H,11,13)(H,15,16)(H,10,12,14). The third-order valence-corrected chi connectivity index (χ3v) is 3.48. The van der Waals surface area contributed by atoms with Gasteiger partial charge < -0.3 is 5.11 Å². The maximum absolute atomic E-state index is 12.0. The molecule has 0 aromatic carbocycles. The molecule has 0 spiro atoms. The van der Waals surface area contributed by atoms with E-state index in [0.29, 0.717) is 0 Å². The first kappa shape index (κ1) is 13.2. The minimum absolute atomic E-state index is 0.0917. The van der Waals surface area contributed by atoms with Gasteiger partial charge in [-0.25, -0.2) is 9.78 Å². The van der Waals surface area contributed by atoms with Crippen molar-refractivity contribution in [2.45, 2.75) is 5.03 Å². The van der Waals surface area contributed by atoms with E-state index in [4.69, 9.17) is 16.7 Å². The van der Waals surface area contributed by atoms with Crippen LogP contribution >= 0.6 is 11.6 Å². The van der Waals surface area contributed by atoms with Crippen molar-refractivity contribution in [1.29, 1.82) is 0 Å². The van der Waals surface area contributed by atoms with Gasteiger partial charge >= 0.3 is 5.97 Å². The number of anilines is 1. The Hall–Kier alpha value is -2.20. The van der Waals surface area contributed by atoms with E-state index in [0.717, 1.165) is 6.20 Å². The molecule has 19 heavy (non-hydrogen) atoms. The summed E-state index contributed by atoms with van der Waals surface area (Å²) in [4.78, 5) is 18.0. The zero-order chi connectivity index (χ0) is 14.0. The molecule has 11 heteroatoms. The van der Waals surface area contributed by atoms with E-state index in [-0.39, 0.29) is 11.1 Å². The van der Waals surface area contributed by atoms with Gasteiger partial charge in [0.25, 0.3) is 10.0 Å². The smallest absolute Gasteiger partial charge is 0.340 e. The Labute approximate surface area is 111 Å². The third kappa shape index (κ3) is 2.80. The molecule has 0 amide bonds. The minimum Gasteiger partial charge on any atom is -0.478 e. The largest absolute Gasteiger partial charge is 0.478 e. The van der Waals surface area contributed by atoms with Crippen molar-refractivity contribution in [3.63, 3.8) is 0 Å². The first-order valence-electron chi connectivity index (χ1n) is 4.68. The second kappa shape index (κ2) is 4.82. The van der Waals surface area contributed by atoms with E-state index >= 15 is 0 Å². The molecule has 0 saturated carbocycles. The van der Waals surface area contributed by atoms with Gasteiger partial charge in [0.2, 0.25) is 5.28 Å². The number of sulfonamides is 1. The van der Waals surface area contributed by atoms with Gasteiger partial charge in [0.05, 0.1) is 6.20 Å². The maximum Gasteiger partial charge on any atom is 0.340 e. The fraction of sp³-hybridized carbons (Fsp3) is 0. The van der Waals surface area contributed by atoms with Gasteiger partial charge in [-0.05, 0) is 17.7 Å². The molecule has 0 saturated heterocycles. The summed E-state index contributed by atoms with van der Waals surface area (Å²) in [7, 11) is -4.16. The lowest BCUT2D eigenvalue weighted by molar-refractivity contribution is 0.0692. The van der Waals surface area contributed by atoms with Crippen LogP contribution in [-0.4, -0.2) is 39.7 Å². The number of hydrogen-bond acceptors (Lipinski definition) is 6. The lowest BCUT2D eigenvalue weighted by Crippen LogP contribution is -2.17. The van der Waals surface area contributed by atoms with Crippen LogP contribution in [0.5, 0.6) is 0 Å². The van der Waals surface area contributed by atoms with Gasteiger partial charge in [0, 0.05) is 6.20 Å². The summed E-state index contributed by atoms with van der Waals surface area (Å²) in [6.45, 7) is 0. The Morgan fingerprint density at radius 3 is 2.84 bits per heavy atom. The van der Waals surface area contributed by atoms with Crippen molar-refractivity contribution in [3.05, 3.63) is 29.3 Å². The minimum atomic E-state index is -4.16. The molecule has 100 valence electrons. The SMILES string of the molecule is O=C(O)c1cn[nH]c1S(=O)(=O)Nc1ccnc(Cl)n1. The normalized spacial score (nSPS) is 11.2. The second-order valence-corrected chi connectivity index (χ2v) is 5.19. The van der Waals surface area contributed by atoms with Crippen LogP contribution in [0.2, 0.25) is 5.28 Å². The molecule has 0 fully saturated rings. The second-order valence-electron chi connectivity index (χ2n) is 3.23. The molecule has 9 nitrogen and oxygen atoms in total. The highest BCUT2D eigenvalue weighted by molar-refractivity contribution is 7.92. The zero-order valence-electron chi connectivity index (χ0n) is 9.03. The van der Waals surface area contributed by atoms with Gasteiger partial charge in [-0.1, -0.05) is 0 Å². The number of aromatic amines is 1. The molecule has 0 radical (unpaired) electrons. The van der Waals surface area contributed by atoms with Gasteiger partial charge in [0.15, 0.2) is 5.03 Å². The van der Waals surface area contributed by atoms with E-state index in [2.05, 4.69) is 24.9 Å². The molecular weight excluding hydrogens is 298 g/mol. The fourth-order valence-corrected chi connectivity index (χ4v) is 2.45. The Kier molecular flexibility index (Phi) is 3.36. The molecule has 0 unspecified atom stereocenters. The first-order valence-corrected chi connectivity index (χ1v) is 6.54. The molecule has 2 heterocycles. The molecule has 2 aromatic rings. The van der Waals surface area contributed by atoms with E-state index in [1.165, 1.54) is 12.3 Å². The van der Waals surface area contributed by atoms with Crippen molar-refractivity contribution in [1.82, 2.24) is 20.2 Å². The van der Waals surface area contributed by atoms with Gasteiger partial charge in [-0.2, -0.15) is 18.5 Å². The van der Waals surface area contributed by atoms with E-state index in [1.54, 1.807) is 0 Å². The lowest BCUT2D eigenvalue weighted by atomic mass is 10.4. The number of halogens is 1. The predicted octanol–water partition coefficient (Wildman–Crippen LogP) is 0.352. The first-order chi connectivity index (χ1) is 8.90. The molecule has 0 bridgehead atoms. The highest BCUT2D eigenvalue weighted by Gasteiger charge is 2.25. The molecule has 0 aliphatic heterocycles. The fourth-order valence-electron chi connectivity index (χ4n) is 1.21. The number of aromatic carboxylic acids is 1. The Morgan fingerprint density at radius 1 is 1.47 bits per heavy atom. The number of nitrogens with zero attached hydrogens (tertiary/aromatic N) is 3. The number of rotatable bonds is 4. The molecule has 3 N–H and O–H groups in total. The van der Waals surface area contributed by atoms with E-state index in [1.807, 2.05) is 0 Å². The van der Waals surface area contributed by atoms with Gasteiger partial charge in [-0.3, -0.25) is 9.82 Å². The van der Waals surface area contributed by atoms with Crippen LogP contribution in [0.3, 0.4) is 0 Å². The van der Waals surface area contributed by atoms with Crippen molar-refractivity contribution in [2.24, 2.45) is 0 Å². The molecule has 0 atom stereocenters. The average molecular weight is 304 g/mol. The molecule has 2 rings (SSSR count). The number of aromatic nitrogens is 4. The number of carbonyl (C=O) groups is 1. The maximum atomic E-state index is 12.0. The van der Waals surface area contributed by atoms with E-state index in [9.17, 15) is 13.2 Å². The van der Waals surface area contributed by atoms with Crippen molar-refractivity contribution < 1.29 is 18.3 Å². The van der Waals surface area contributed by atoms with Crippen LogP contribution in [0.1, 0.15) is 10.4 Å².